The van der Waals surface area contributed by atoms with Gasteiger partial charge in [-0.25, -0.2) is 0 Å². The summed E-state index contributed by atoms with van der Waals surface area (Å²) in [5.41, 5.74) is 2.90. The van der Waals surface area contributed by atoms with Crippen LogP contribution < -0.4 is 0 Å². The maximum absolute atomic E-state index is 11.1. The lowest BCUT2D eigenvalue weighted by Gasteiger charge is -2.09. The number of benzene rings is 2. The van der Waals surface area contributed by atoms with Gasteiger partial charge in [-0.15, -0.1) is 0 Å². The average molecular weight is 446 g/mol. The normalized spacial score (nSPS) is 11.2. The topological polar surface area (TPSA) is 43.4 Å². The third kappa shape index (κ3) is 5.35. The first-order valence-electron chi connectivity index (χ1n) is 6.41. The van der Waals surface area contributed by atoms with Gasteiger partial charge in [0.05, 0.1) is 12.9 Å². The molecule has 0 aliphatic rings. The van der Waals surface area contributed by atoms with Gasteiger partial charge in [0.25, 0.3) is 10.1 Å². The van der Waals surface area contributed by atoms with Crippen molar-refractivity contribution in [2.45, 2.75) is 0 Å². The fraction of sp³-hybridized carbons (Fsp3) is 0.125. The maximum Gasteiger partial charge on any atom is 0.264 e. The Kier molecular flexibility index (Phi) is 5.97. The molecule has 0 aliphatic carbocycles. The third-order valence-electron chi connectivity index (χ3n) is 2.88. The first-order chi connectivity index (χ1) is 10.3. The Balaban J connectivity index is 2.37. The third-order valence-corrected chi connectivity index (χ3v) is 4.50. The summed E-state index contributed by atoms with van der Waals surface area (Å²) in [6, 6.07) is 15.7. The highest BCUT2D eigenvalue weighted by atomic mass is 79.9. The van der Waals surface area contributed by atoms with Gasteiger partial charge in [-0.2, -0.15) is 8.42 Å². The van der Waals surface area contributed by atoms with E-state index in [2.05, 4.69) is 31.9 Å². The van der Waals surface area contributed by atoms with E-state index in [0.717, 1.165) is 31.9 Å². The summed E-state index contributed by atoms with van der Waals surface area (Å²) in [5, 5.41) is 0. The molecule has 0 spiro atoms. The molecule has 0 saturated carbocycles. The quantitative estimate of drug-likeness (QED) is 0.630. The average Bonchev–Trinajstić information content (AvgIpc) is 2.45. The predicted molar refractivity (Wildman–Crippen MR) is 96.2 cm³/mol. The Bertz CT molecular complexity index is 717. The molecule has 2 rings (SSSR count). The van der Waals surface area contributed by atoms with Gasteiger partial charge in [0.15, 0.2) is 0 Å². The highest BCUT2D eigenvalue weighted by molar-refractivity contribution is 9.10. The Labute approximate surface area is 147 Å². The number of halogens is 2. The number of rotatable bonds is 5. The van der Waals surface area contributed by atoms with Crippen molar-refractivity contribution < 1.29 is 12.6 Å². The monoisotopic (exact) mass is 444 g/mol. The van der Waals surface area contributed by atoms with Crippen LogP contribution in [0.3, 0.4) is 0 Å². The molecule has 0 saturated heterocycles. The molecule has 0 radical (unpaired) electrons. The van der Waals surface area contributed by atoms with E-state index < -0.39 is 10.1 Å². The number of hydrogen-bond acceptors (Lipinski definition) is 3. The van der Waals surface area contributed by atoms with Gasteiger partial charge >= 0.3 is 0 Å². The fourth-order valence-corrected chi connectivity index (χ4v) is 2.75. The van der Waals surface area contributed by atoms with Crippen molar-refractivity contribution in [2.75, 3.05) is 12.9 Å². The lowest BCUT2D eigenvalue weighted by molar-refractivity contribution is 0.362. The molecule has 22 heavy (non-hydrogen) atoms. The summed E-state index contributed by atoms with van der Waals surface area (Å²) in [4.78, 5) is 0. The van der Waals surface area contributed by atoms with Crippen LogP contribution in [0.15, 0.2) is 63.6 Å². The van der Waals surface area contributed by atoms with Gasteiger partial charge in [0.2, 0.25) is 0 Å². The molecule has 0 atom stereocenters. The summed E-state index contributed by atoms with van der Waals surface area (Å²) in [6.45, 7) is 0.000292. The Morgan fingerprint density at radius 2 is 1.36 bits per heavy atom. The first-order valence-corrected chi connectivity index (χ1v) is 9.82. The van der Waals surface area contributed by atoms with Crippen LogP contribution in [0.1, 0.15) is 11.1 Å². The van der Waals surface area contributed by atoms with E-state index in [4.69, 9.17) is 4.18 Å². The van der Waals surface area contributed by atoms with Crippen molar-refractivity contribution in [1.82, 2.24) is 0 Å². The van der Waals surface area contributed by atoms with E-state index in [0.29, 0.717) is 0 Å². The molecular formula is C16H14Br2O3S. The van der Waals surface area contributed by atoms with Gasteiger partial charge in [-0.1, -0.05) is 56.1 Å². The molecular weight excluding hydrogens is 432 g/mol. The fourth-order valence-electron chi connectivity index (χ4n) is 1.90. The lowest BCUT2D eigenvalue weighted by atomic mass is 9.98. The smallest absolute Gasteiger partial charge is 0.264 e. The molecule has 6 heteroatoms. The minimum atomic E-state index is -3.46. The Morgan fingerprint density at radius 1 is 0.955 bits per heavy atom. The molecule has 3 nitrogen and oxygen atoms in total. The van der Waals surface area contributed by atoms with E-state index in [1.807, 2.05) is 48.5 Å². The molecule has 0 N–H and O–H groups in total. The van der Waals surface area contributed by atoms with Crippen LogP contribution in [0.2, 0.25) is 0 Å². The summed E-state index contributed by atoms with van der Waals surface area (Å²) >= 11 is 6.82. The molecule has 0 bridgehead atoms. The predicted octanol–water partition coefficient (Wildman–Crippen LogP) is 4.62. The largest absolute Gasteiger partial charge is 0.266 e. The van der Waals surface area contributed by atoms with Crippen LogP contribution in [0.25, 0.3) is 5.57 Å². The minimum Gasteiger partial charge on any atom is -0.266 e. The number of hydrogen-bond donors (Lipinski definition) is 0. The summed E-state index contributed by atoms with van der Waals surface area (Å²) < 4.78 is 29.0. The zero-order valence-electron chi connectivity index (χ0n) is 11.8. The summed E-state index contributed by atoms with van der Waals surface area (Å²) in [5.74, 6) is 0. The molecule has 0 unspecified atom stereocenters. The molecule has 0 aliphatic heterocycles. The molecule has 2 aromatic carbocycles. The second kappa shape index (κ2) is 7.55. The van der Waals surface area contributed by atoms with E-state index in [9.17, 15) is 8.42 Å². The second-order valence-electron chi connectivity index (χ2n) is 4.62. The molecule has 2 aromatic rings. The van der Waals surface area contributed by atoms with Gasteiger partial charge in [0.1, 0.15) is 0 Å². The van der Waals surface area contributed by atoms with Gasteiger partial charge in [-0.05, 0) is 47.0 Å². The van der Waals surface area contributed by atoms with Crippen LogP contribution in [0, 0.1) is 0 Å². The van der Waals surface area contributed by atoms with Crippen LogP contribution in [0.4, 0.5) is 0 Å². The summed E-state index contributed by atoms with van der Waals surface area (Å²) in [6.07, 6.45) is 2.81. The molecule has 0 fully saturated rings. The highest BCUT2D eigenvalue weighted by Crippen LogP contribution is 2.26. The van der Waals surface area contributed by atoms with Crippen molar-refractivity contribution in [3.8, 4) is 0 Å². The first kappa shape index (κ1) is 17.4. The van der Waals surface area contributed by atoms with Gasteiger partial charge in [-0.3, -0.25) is 4.18 Å². The molecule has 0 amide bonds. The van der Waals surface area contributed by atoms with Crippen molar-refractivity contribution >= 4 is 47.6 Å². The van der Waals surface area contributed by atoms with Crippen LogP contribution in [-0.2, 0) is 14.3 Å². The lowest BCUT2D eigenvalue weighted by Crippen LogP contribution is -2.03. The summed E-state index contributed by atoms with van der Waals surface area (Å²) in [7, 11) is -3.46. The Morgan fingerprint density at radius 3 is 1.73 bits per heavy atom. The maximum atomic E-state index is 11.1. The molecule has 0 heterocycles. The van der Waals surface area contributed by atoms with Crippen molar-refractivity contribution in [3.63, 3.8) is 0 Å². The van der Waals surface area contributed by atoms with Crippen LogP contribution in [-0.4, -0.2) is 21.3 Å². The van der Waals surface area contributed by atoms with E-state index >= 15 is 0 Å². The second-order valence-corrected chi connectivity index (χ2v) is 8.10. The van der Waals surface area contributed by atoms with Crippen molar-refractivity contribution in [1.29, 1.82) is 0 Å². The van der Waals surface area contributed by atoms with Gasteiger partial charge < -0.3 is 0 Å². The van der Waals surface area contributed by atoms with E-state index in [1.165, 1.54) is 0 Å². The zero-order chi connectivity index (χ0) is 16.2. The van der Waals surface area contributed by atoms with Crippen molar-refractivity contribution in [2.24, 2.45) is 0 Å². The van der Waals surface area contributed by atoms with Crippen molar-refractivity contribution in [3.05, 3.63) is 74.7 Å². The van der Waals surface area contributed by atoms with Crippen LogP contribution in [0.5, 0.6) is 0 Å². The Hall–Kier alpha value is -0.950. The SMILES string of the molecule is CS(=O)(=O)OCC=C(c1ccc(Br)cc1)c1ccc(Br)cc1. The molecule has 116 valence electrons. The minimum absolute atomic E-state index is 0.000292. The standard InChI is InChI=1S/C16H14Br2O3S/c1-22(19,20)21-11-10-16(12-2-6-14(17)7-3-12)13-4-8-15(18)9-5-13/h2-10H,11H2,1H3. The van der Waals surface area contributed by atoms with Gasteiger partial charge in [0, 0.05) is 8.95 Å². The van der Waals surface area contributed by atoms with E-state index in [1.54, 1.807) is 6.08 Å². The highest BCUT2D eigenvalue weighted by Gasteiger charge is 2.07. The van der Waals surface area contributed by atoms with E-state index in [-0.39, 0.29) is 6.61 Å². The zero-order valence-corrected chi connectivity index (χ0v) is 15.8. The van der Waals surface area contributed by atoms with Crippen LogP contribution >= 0.6 is 31.9 Å². The molecule has 0 aromatic heterocycles.